The first-order valence-electron chi connectivity index (χ1n) is 14.6. The highest BCUT2D eigenvalue weighted by molar-refractivity contribution is 5.93. The molecule has 2 N–H and O–H groups in total. The van der Waals surface area contributed by atoms with E-state index in [0.29, 0.717) is 11.3 Å². The fourth-order valence-corrected chi connectivity index (χ4v) is 6.43. The molecular formula is C27H30F5N11O3. The van der Waals surface area contributed by atoms with Crippen LogP contribution in [-0.4, -0.2) is 75.1 Å². The minimum absolute atomic E-state index is 0.0562. The third-order valence-electron chi connectivity index (χ3n) is 9.08. The SMILES string of the molecule is Cc1nonc1C(=O)N[C@H](c1cn2ncc(C[C@@]3([C@H](C)c4nnn(C)n4)C[C@@H](C(F)(F)F)NC3=O)cc2n1)C1CCC(F)(F)CC1. The number of tetrazole rings is 1. The average molecular weight is 652 g/mol. The number of imidazole rings is 1. The maximum absolute atomic E-state index is 14.0. The summed E-state index contributed by atoms with van der Waals surface area (Å²) < 4.78 is 75.5. The molecule has 2 aliphatic rings. The molecule has 4 aromatic rings. The molecule has 0 radical (unpaired) electrons. The Morgan fingerprint density at radius 3 is 2.59 bits per heavy atom. The summed E-state index contributed by atoms with van der Waals surface area (Å²) in [4.78, 5) is 32.2. The highest BCUT2D eigenvalue weighted by atomic mass is 19.4. The molecule has 246 valence electrons. The number of aromatic nitrogens is 9. The van der Waals surface area contributed by atoms with Crippen molar-refractivity contribution in [3.05, 3.63) is 46.9 Å². The quantitative estimate of drug-likeness (QED) is 0.270. The van der Waals surface area contributed by atoms with Crippen LogP contribution >= 0.6 is 0 Å². The highest BCUT2D eigenvalue weighted by Gasteiger charge is 2.58. The lowest BCUT2D eigenvalue weighted by Gasteiger charge is -2.33. The first-order valence-corrected chi connectivity index (χ1v) is 14.6. The summed E-state index contributed by atoms with van der Waals surface area (Å²) in [5.74, 6) is -5.35. The van der Waals surface area contributed by atoms with Gasteiger partial charge in [0.15, 0.2) is 17.2 Å². The number of carbonyl (C=O) groups is 2. The second-order valence-corrected chi connectivity index (χ2v) is 12.1. The van der Waals surface area contributed by atoms with Crippen molar-refractivity contribution in [1.29, 1.82) is 0 Å². The molecule has 5 heterocycles. The molecule has 2 amide bonds. The Morgan fingerprint density at radius 1 is 1.24 bits per heavy atom. The number of hydrogen-bond acceptors (Lipinski definition) is 10. The monoisotopic (exact) mass is 651 g/mol. The van der Waals surface area contributed by atoms with Gasteiger partial charge >= 0.3 is 6.18 Å². The van der Waals surface area contributed by atoms with Crippen LogP contribution in [0.3, 0.4) is 0 Å². The Morgan fingerprint density at radius 2 is 1.98 bits per heavy atom. The number of nitrogens with zero attached hydrogens (tertiary/aromatic N) is 9. The number of hydrogen-bond donors (Lipinski definition) is 2. The molecule has 14 nitrogen and oxygen atoms in total. The maximum Gasteiger partial charge on any atom is 0.408 e. The Bertz CT molecular complexity index is 1760. The molecule has 1 aliphatic carbocycles. The highest BCUT2D eigenvalue weighted by Crippen LogP contribution is 2.48. The van der Waals surface area contributed by atoms with Crippen LogP contribution in [-0.2, 0) is 18.3 Å². The summed E-state index contributed by atoms with van der Waals surface area (Å²) in [5.41, 5.74) is -0.370. The predicted octanol–water partition coefficient (Wildman–Crippen LogP) is 3.02. The average Bonchev–Trinajstić information content (AvgIpc) is 3.78. The summed E-state index contributed by atoms with van der Waals surface area (Å²) >= 11 is 0. The molecule has 4 aromatic heterocycles. The normalized spacial score (nSPS) is 23.4. The molecular weight excluding hydrogens is 621 g/mol. The van der Waals surface area contributed by atoms with Crippen LogP contribution in [0.25, 0.3) is 5.65 Å². The molecule has 0 spiro atoms. The Kier molecular flexibility index (Phi) is 7.74. The minimum Gasteiger partial charge on any atom is -0.344 e. The van der Waals surface area contributed by atoms with Crippen LogP contribution < -0.4 is 10.6 Å². The van der Waals surface area contributed by atoms with Gasteiger partial charge in [-0.25, -0.2) is 22.9 Å². The van der Waals surface area contributed by atoms with Gasteiger partial charge in [-0.15, -0.1) is 10.2 Å². The van der Waals surface area contributed by atoms with Gasteiger partial charge in [0.2, 0.25) is 11.8 Å². The molecule has 4 atom stereocenters. The van der Waals surface area contributed by atoms with Crippen molar-refractivity contribution >= 4 is 17.5 Å². The summed E-state index contributed by atoms with van der Waals surface area (Å²) in [7, 11) is 1.51. The number of alkyl halides is 5. The lowest BCUT2D eigenvalue weighted by atomic mass is 9.69. The number of carbonyl (C=O) groups excluding carboxylic acids is 2. The summed E-state index contributed by atoms with van der Waals surface area (Å²) in [6.07, 6.45) is -2.88. The topological polar surface area (TPSA) is 171 Å². The van der Waals surface area contributed by atoms with Crippen LogP contribution in [0.5, 0.6) is 0 Å². The molecule has 1 saturated heterocycles. The Balaban J connectivity index is 1.33. The van der Waals surface area contributed by atoms with E-state index in [-0.39, 0.29) is 55.0 Å². The second kappa shape index (κ2) is 11.3. The standard InChI is InChI=1S/C27H30F5N11O3/c1-13(22-37-41-42(3)38-22)25(10-18(27(30,31)32)35-24(25)45)9-15-8-19-34-17(12-43(19)33-11-15)21(16-4-6-26(28,29)7-5-16)36-23(44)20-14(2)39-46-40-20/h8,11-13,16,18,21H,4-7,9-10H2,1-3H3,(H,35,45)(H,36,44)/t13-,18+,21+,25+/m1/s1. The van der Waals surface area contributed by atoms with Gasteiger partial charge in [0.1, 0.15) is 11.7 Å². The van der Waals surface area contributed by atoms with Gasteiger partial charge in [-0.3, -0.25) is 9.59 Å². The molecule has 2 fully saturated rings. The van der Waals surface area contributed by atoms with E-state index in [1.807, 2.05) is 0 Å². The van der Waals surface area contributed by atoms with Crippen molar-refractivity contribution in [3.8, 4) is 0 Å². The van der Waals surface area contributed by atoms with Gasteiger partial charge in [-0.2, -0.15) is 23.1 Å². The summed E-state index contributed by atoms with van der Waals surface area (Å²) in [5, 5.41) is 28.4. The fraction of sp³-hybridized carbons (Fsp3) is 0.593. The van der Waals surface area contributed by atoms with E-state index in [9.17, 15) is 31.5 Å². The van der Waals surface area contributed by atoms with Gasteiger partial charge in [0.25, 0.3) is 5.91 Å². The lowest BCUT2D eigenvalue weighted by molar-refractivity contribution is -0.155. The van der Waals surface area contributed by atoms with Crippen molar-refractivity contribution in [3.63, 3.8) is 0 Å². The first-order chi connectivity index (χ1) is 21.6. The summed E-state index contributed by atoms with van der Waals surface area (Å²) in [6.45, 7) is 3.12. The van der Waals surface area contributed by atoms with E-state index in [4.69, 9.17) is 0 Å². The number of rotatable bonds is 8. The van der Waals surface area contributed by atoms with E-state index in [1.54, 1.807) is 19.2 Å². The Labute approximate surface area is 257 Å². The molecule has 0 aromatic carbocycles. The summed E-state index contributed by atoms with van der Waals surface area (Å²) in [6, 6.07) is -1.28. The predicted molar refractivity (Wildman–Crippen MR) is 145 cm³/mol. The lowest BCUT2D eigenvalue weighted by Crippen LogP contribution is -2.40. The van der Waals surface area contributed by atoms with E-state index >= 15 is 0 Å². The first kappa shape index (κ1) is 31.4. The largest absolute Gasteiger partial charge is 0.408 e. The van der Waals surface area contributed by atoms with Crippen LogP contribution in [0, 0.1) is 18.3 Å². The van der Waals surface area contributed by atoms with Crippen LogP contribution in [0.1, 0.15) is 84.3 Å². The van der Waals surface area contributed by atoms with Crippen molar-refractivity contribution in [1.82, 2.24) is 55.8 Å². The van der Waals surface area contributed by atoms with E-state index < -0.39 is 59.7 Å². The molecule has 19 heteroatoms. The molecule has 0 unspecified atom stereocenters. The minimum atomic E-state index is -4.67. The maximum atomic E-state index is 14.0. The van der Waals surface area contributed by atoms with Crippen molar-refractivity contribution in [2.75, 3.05) is 0 Å². The molecule has 6 rings (SSSR count). The van der Waals surface area contributed by atoms with Gasteiger partial charge in [0, 0.05) is 18.8 Å². The number of amides is 2. The molecule has 0 bridgehead atoms. The van der Waals surface area contributed by atoms with Gasteiger partial charge < -0.3 is 10.6 Å². The fourth-order valence-electron chi connectivity index (χ4n) is 6.43. The van der Waals surface area contributed by atoms with Gasteiger partial charge in [-0.05, 0) is 60.5 Å². The second-order valence-electron chi connectivity index (χ2n) is 12.1. The third-order valence-corrected chi connectivity index (χ3v) is 9.08. The van der Waals surface area contributed by atoms with Gasteiger partial charge in [0.05, 0.1) is 36.6 Å². The number of nitrogens with one attached hydrogen (secondary N) is 2. The number of aryl methyl sites for hydroxylation is 2. The number of fused-ring (bicyclic) bond motifs is 1. The number of halogens is 5. The van der Waals surface area contributed by atoms with Crippen molar-refractivity contribution in [2.45, 2.75) is 82.5 Å². The van der Waals surface area contributed by atoms with E-state index in [0.717, 1.165) is 4.80 Å². The van der Waals surface area contributed by atoms with E-state index in [2.05, 4.69) is 51.1 Å². The van der Waals surface area contributed by atoms with Crippen LogP contribution in [0.4, 0.5) is 22.0 Å². The molecule has 1 saturated carbocycles. The van der Waals surface area contributed by atoms with Crippen molar-refractivity contribution in [2.24, 2.45) is 18.4 Å². The molecule has 46 heavy (non-hydrogen) atoms. The van der Waals surface area contributed by atoms with Crippen LogP contribution in [0.2, 0.25) is 0 Å². The zero-order chi connectivity index (χ0) is 33.0. The zero-order valence-corrected chi connectivity index (χ0v) is 24.9. The zero-order valence-electron chi connectivity index (χ0n) is 24.9. The Hall–Kier alpha value is -4.58. The molecule has 1 aliphatic heterocycles. The van der Waals surface area contributed by atoms with Crippen molar-refractivity contribution < 1.29 is 36.2 Å². The van der Waals surface area contributed by atoms with E-state index in [1.165, 1.54) is 24.7 Å². The van der Waals surface area contributed by atoms with Crippen LogP contribution in [0.15, 0.2) is 23.1 Å². The smallest absolute Gasteiger partial charge is 0.344 e. The van der Waals surface area contributed by atoms with Gasteiger partial charge in [-0.1, -0.05) is 12.1 Å². The third kappa shape index (κ3) is 5.89.